The van der Waals surface area contributed by atoms with Gasteiger partial charge in [-0.1, -0.05) is 6.07 Å². The number of hydrogen-bond acceptors (Lipinski definition) is 5. The number of nitrogens with two attached hydrogens (primary N) is 1. The van der Waals surface area contributed by atoms with E-state index in [2.05, 4.69) is 5.32 Å². The topological polar surface area (TPSA) is 93.8 Å². The highest BCUT2D eigenvalue weighted by molar-refractivity contribution is 5.70. The molecule has 0 spiro atoms. The van der Waals surface area contributed by atoms with E-state index in [1.807, 2.05) is 18.2 Å². The second kappa shape index (κ2) is 7.47. The Morgan fingerprint density at radius 2 is 2.14 bits per heavy atom. The number of carbonyl (C=O) groups is 1. The third-order valence-electron chi connectivity index (χ3n) is 4.33. The van der Waals surface area contributed by atoms with E-state index < -0.39 is 5.97 Å². The fourth-order valence-electron chi connectivity index (χ4n) is 3.03. The molecule has 6 heteroatoms. The fraction of sp³-hybridized carbons (Fsp3) is 0.562. The third kappa shape index (κ3) is 3.69. The van der Waals surface area contributed by atoms with E-state index in [-0.39, 0.29) is 17.9 Å². The van der Waals surface area contributed by atoms with Crippen LogP contribution >= 0.6 is 0 Å². The zero-order chi connectivity index (χ0) is 16.1. The van der Waals surface area contributed by atoms with Gasteiger partial charge in [-0.3, -0.25) is 4.79 Å². The number of nitrogens with one attached hydrogen (secondary N) is 1. The Hall–Kier alpha value is -1.79. The summed E-state index contributed by atoms with van der Waals surface area (Å²) in [4.78, 5) is 11.3. The highest BCUT2D eigenvalue weighted by Crippen LogP contribution is 2.33. The van der Waals surface area contributed by atoms with Crippen molar-refractivity contribution >= 4 is 5.97 Å². The van der Waals surface area contributed by atoms with Crippen LogP contribution in [0.4, 0.5) is 0 Å². The van der Waals surface area contributed by atoms with Gasteiger partial charge in [0.1, 0.15) is 0 Å². The molecule has 0 aromatic heterocycles. The molecule has 0 amide bonds. The van der Waals surface area contributed by atoms with Gasteiger partial charge in [-0.25, -0.2) is 0 Å². The minimum absolute atomic E-state index is 0.0850. The quantitative estimate of drug-likeness (QED) is 0.735. The number of carboxylic acids is 1. The average molecular weight is 308 g/mol. The van der Waals surface area contributed by atoms with E-state index in [1.165, 1.54) is 0 Å². The fourth-order valence-corrected chi connectivity index (χ4v) is 3.03. The van der Waals surface area contributed by atoms with Gasteiger partial charge in [-0.05, 0) is 43.0 Å². The summed E-state index contributed by atoms with van der Waals surface area (Å²) in [6.07, 6.45) is 1.48. The van der Waals surface area contributed by atoms with Crippen LogP contribution in [0.2, 0.25) is 0 Å². The van der Waals surface area contributed by atoms with E-state index >= 15 is 0 Å². The first-order chi connectivity index (χ1) is 10.6. The minimum Gasteiger partial charge on any atom is -0.493 e. The number of carboxylic acid groups (broad SMARTS) is 1. The van der Waals surface area contributed by atoms with Crippen molar-refractivity contribution in [3.63, 3.8) is 0 Å². The molecule has 1 aromatic rings. The Morgan fingerprint density at radius 3 is 2.77 bits per heavy atom. The Labute approximate surface area is 130 Å². The lowest BCUT2D eigenvalue weighted by Gasteiger charge is -2.31. The molecule has 122 valence electrons. The van der Waals surface area contributed by atoms with Gasteiger partial charge in [-0.15, -0.1) is 0 Å². The van der Waals surface area contributed by atoms with Crippen LogP contribution in [0, 0.1) is 11.8 Å². The summed E-state index contributed by atoms with van der Waals surface area (Å²) >= 11 is 0. The van der Waals surface area contributed by atoms with E-state index in [1.54, 1.807) is 14.2 Å². The molecule has 1 aliphatic heterocycles. The van der Waals surface area contributed by atoms with Crippen LogP contribution in [-0.4, -0.2) is 38.4 Å². The van der Waals surface area contributed by atoms with Crippen LogP contribution < -0.4 is 20.5 Å². The standard InChI is InChI=1S/C16H24N2O4/c1-21-14-4-3-11(8-15(14)22-2)13(17)7-10-5-6-18-9-12(10)16(19)20/h3-4,8,10,12-13,18H,5-7,9,17H2,1-2H3,(H,19,20)/t10-,12-,13?/m0/s1. The summed E-state index contributed by atoms with van der Waals surface area (Å²) in [5, 5.41) is 12.5. The smallest absolute Gasteiger partial charge is 0.308 e. The van der Waals surface area contributed by atoms with Gasteiger partial charge in [-0.2, -0.15) is 0 Å². The van der Waals surface area contributed by atoms with Crippen molar-refractivity contribution in [2.24, 2.45) is 17.6 Å². The second-order valence-corrected chi connectivity index (χ2v) is 5.65. The predicted molar refractivity (Wildman–Crippen MR) is 83.2 cm³/mol. The number of rotatable bonds is 6. The Balaban J connectivity index is 2.10. The number of methoxy groups -OCH3 is 2. The highest BCUT2D eigenvalue weighted by atomic mass is 16.5. The molecule has 0 saturated carbocycles. The van der Waals surface area contributed by atoms with Crippen molar-refractivity contribution in [3.05, 3.63) is 23.8 Å². The zero-order valence-corrected chi connectivity index (χ0v) is 13.0. The number of benzene rings is 1. The van der Waals surface area contributed by atoms with Crippen molar-refractivity contribution in [3.8, 4) is 11.5 Å². The molecule has 6 nitrogen and oxygen atoms in total. The first-order valence-electron chi connectivity index (χ1n) is 7.47. The summed E-state index contributed by atoms with van der Waals surface area (Å²) < 4.78 is 10.5. The predicted octanol–water partition coefficient (Wildman–Crippen LogP) is 1.40. The molecule has 1 aliphatic rings. The van der Waals surface area contributed by atoms with Crippen molar-refractivity contribution in [1.29, 1.82) is 0 Å². The summed E-state index contributed by atoms with van der Waals surface area (Å²) in [7, 11) is 3.17. The zero-order valence-electron chi connectivity index (χ0n) is 13.0. The monoisotopic (exact) mass is 308 g/mol. The Bertz CT molecular complexity index is 521. The lowest BCUT2D eigenvalue weighted by Crippen LogP contribution is -2.41. The third-order valence-corrected chi connectivity index (χ3v) is 4.33. The molecular formula is C16H24N2O4. The normalized spacial score (nSPS) is 22.9. The van der Waals surface area contributed by atoms with E-state index in [0.717, 1.165) is 18.5 Å². The molecule has 0 radical (unpaired) electrons. The maximum atomic E-state index is 11.3. The van der Waals surface area contributed by atoms with Gasteiger partial charge >= 0.3 is 5.97 Å². The molecule has 1 heterocycles. The SMILES string of the molecule is COc1ccc(C(N)C[C@@H]2CCNC[C@@H]2C(=O)O)cc1OC. The maximum absolute atomic E-state index is 11.3. The summed E-state index contributed by atoms with van der Waals surface area (Å²) in [6, 6.07) is 5.37. The highest BCUT2D eigenvalue weighted by Gasteiger charge is 2.32. The van der Waals surface area contributed by atoms with Crippen molar-refractivity contribution in [2.45, 2.75) is 18.9 Å². The second-order valence-electron chi connectivity index (χ2n) is 5.65. The van der Waals surface area contributed by atoms with E-state index in [0.29, 0.717) is 24.5 Å². The summed E-state index contributed by atoms with van der Waals surface area (Å²) in [5.74, 6) is 0.248. The molecule has 0 aliphatic carbocycles. The lowest BCUT2D eigenvalue weighted by atomic mass is 9.81. The van der Waals surface area contributed by atoms with E-state index in [4.69, 9.17) is 15.2 Å². The number of aliphatic carboxylic acids is 1. The van der Waals surface area contributed by atoms with Gasteiger partial charge in [0.15, 0.2) is 11.5 Å². The van der Waals surface area contributed by atoms with Gasteiger partial charge < -0.3 is 25.6 Å². The van der Waals surface area contributed by atoms with Crippen molar-refractivity contribution < 1.29 is 19.4 Å². The van der Waals surface area contributed by atoms with Gasteiger partial charge in [0.2, 0.25) is 0 Å². The molecule has 1 saturated heterocycles. The van der Waals surface area contributed by atoms with Crippen LogP contribution in [0.15, 0.2) is 18.2 Å². The molecule has 22 heavy (non-hydrogen) atoms. The van der Waals surface area contributed by atoms with Gasteiger partial charge in [0.25, 0.3) is 0 Å². The van der Waals surface area contributed by atoms with Gasteiger partial charge in [0.05, 0.1) is 20.1 Å². The lowest BCUT2D eigenvalue weighted by molar-refractivity contribution is -0.144. The summed E-state index contributed by atoms with van der Waals surface area (Å²) in [5.41, 5.74) is 7.22. The van der Waals surface area contributed by atoms with Crippen LogP contribution in [0.25, 0.3) is 0 Å². The molecule has 0 bridgehead atoms. The Kier molecular flexibility index (Phi) is 5.63. The van der Waals surface area contributed by atoms with E-state index in [9.17, 15) is 9.90 Å². The first kappa shape index (κ1) is 16.6. The molecular weight excluding hydrogens is 284 g/mol. The van der Waals surface area contributed by atoms with Crippen molar-refractivity contribution in [2.75, 3.05) is 27.3 Å². The minimum atomic E-state index is -0.753. The Morgan fingerprint density at radius 1 is 1.41 bits per heavy atom. The van der Waals surface area contributed by atoms with Crippen molar-refractivity contribution in [1.82, 2.24) is 5.32 Å². The van der Waals surface area contributed by atoms with Crippen LogP contribution in [0.1, 0.15) is 24.4 Å². The first-order valence-corrected chi connectivity index (χ1v) is 7.47. The average Bonchev–Trinajstić information content (AvgIpc) is 2.54. The maximum Gasteiger partial charge on any atom is 0.308 e. The van der Waals surface area contributed by atoms with Crippen LogP contribution in [0.3, 0.4) is 0 Å². The molecule has 1 aromatic carbocycles. The molecule has 1 fully saturated rings. The summed E-state index contributed by atoms with van der Waals surface area (Å²) in [6.45, 7) is 1.35. The largest absolute Gasteiger partial charge is 0.493 e. The van der Waals surface area contributed by atoms with Gasteiger partial charge in [0, 0.05) is 12.6 Å². The number of piperidine rings is 1. The number of ether oxygens (including phenoxy) is 2. The van der Waals surface area contributed by atoms with Crippen LogP contribution in [-0.2, 0) is 4.79 Å². The van der Waals surface area contributed by atoms with Crippen LogP contribution in [0.5, 0.6) is 11.5 Å². The molecule has 4 N–H and O–H groups in total. The number of hydrogen-bond donors (Lipinski definition) is 3. The molecule has 2 rings (SSSR count). The molecule has 3 atom stereocenters. The molecule has 1 unspecified atom stereocenters.